The van der Waals surface area contributed by atoms with Crippen LogP contribution in [0, 0.1) is 5.82 Å². The number of benzene rings is 2. The molecular formula is C20H17ClFN5O4. The van der Waals surface area contributed by atoms with Crippen molar-refractivity contribution < 1.29 is 23.5 Å². The zero-order valence-corrected chi connectivity index (χ0v) is 17.0. The monoisotopic (exact) mass is 445 g/mol. The number of fused-ring (bicyclic) bond motifs is 1. The topological polar surface area (TPSA) is 104 Å². The van der Waals surface area contributed by atoms with Gasteiger partial charge in [-0.2, -0.15) is 5.11 Å². The zero-order valence-electron chi connectivity index (χ0n) is 16.3. The lowest BCUT2D eigenvalue weighted by molar-refractivity contribution is -0.123. The van der Waals surface area contributed by atoms with Crippen molar-refractivity contribution in [2.45, 2.75) is 19.0 Å². The van der Waals surface area contributed by atoms with E-state index in [1.807, 2.05) is 6.92 Å². The van der Waals surface area contributed by atoms with Crippen molar-refractivity contribution in [3.63, 3.8) is 0 Å². The molecule has 3 amide bonds. The highest BCUT2D eigenvalue weighted by molar-refractivity contribution is 6.32. The molecule has 0 spiro atoms. The summed E-state index contributed by atoms with van der Waals surface area (Å²) in [6.07, 6.45) is 0. The number of hydrogen-bond donors (Lipinski definition) is 1. The maximum atomic E-state index is 13.4. The Morgan fingerprint density at radius 2 is 1.94 bits per heavy atom. The van der Waals surface area contributed by atoms with Gasteiger partial charge >= 0.3 is 0 Å². The zero-order chi connectivity index (χ0) is 22.1. The summed E-state index contributed by atoms with van der Waals surface area (Å²) < 4.78 is 18.8. The number of nitrogens with zero attached hydrogens (tertiary/aromatic N) is 4. The van der Waals surface area contributed by atoms with Crippen molar-refractivity contribution in [1.29, 1.82) is 0 Å². The van der Waals surface area contributed by atoms with Crippen LogP contribution in [0.2, 0.25) is 5.02 Å². The Balaban J connectivity index is 1.45. The van der Waals surface area contributed by atoms with E-state index >= 15 is 0 Å². The van der Waals surface area contributed by atoms with Gasteiger partial charge in [0, 0.05) is 5.69 Å². The van der Waals surface area contributed by atoms with E-state index in [0.29, 0.717) is 18.0 Å². The van der Waals surface area contributed by atoms with Crippen LogP contribution < -0.4 is 15.0 Å². The van der Waals surface area contributed by atoms with Gasteiger partial charge in [0.1, 0.15) is 18.1 Å². The molecule has 1 fully saturated rings. The summed E-state index contributed by atoms with van der Waals surface area (Å²) >= 11 is 5.77. The summed E-state index contributed by atoms with van der Waals surface area (Å²) in [6, 6.07) is 8.20. The predicted octanol–water partition coefficient (Wildman–Crippen LogP) is 2.81. The third-order valence-corrected chi connectivity index (χ3v) is 5.06. The first-order valence-corrected chi connectivity index (χ1v) is 9.80. The van der Waals surface area contributed by atoms with Crippen molar-refractivity contribution >= 4 is 40.7 Å². The number of carbonyl (C=O) groups is 3. The van der Waals surface area contributed by atoms with Crippen LogP contribution >= 0.6 is 11.6 Å². The fourth-order valence-corrected chi connectivity index (χ4v) is 3.56. The molecule has 160 valence electrons. The molecule has 2 aromatic rings. The van der Waals surface area contributed by atoms with E-state index in [1.165, 1.54) is 17.1 Å². The molecule has 2 aliphatic heterocycles. The Bertz CT molecular complexity index is 1080. The lowest BCUT2D eigenvalue weighted by Gasteiger charge is -2.20. The molecule has 0 aliphatic carbocycles. The molecular weight excluding hydrogens is 429 g/mol. The van der Waals surface area contributed by atoms with Gasteiger partial charge in [-0.1, -0.05) is 16.8 Å². The van der Waals surface area contributed by atoms with Crippen LogP contribution in [0.25, 0.3) is 0 Å². The maximum absolute atomic E-state index is 13.4. The van der Waals surface area contributed by atoms with E-state index in [4.69, 9.17) is 16.3 Å². The van der Waals surface area contributed by atoms with Gasteiger partial charge in [-0.05, 0) is 49.4 Å². The minimum absolute atomic E-state index is 0.129. The molecule has 0 radical (unpaired) electrons. The van der Waals surface area contributed by atoms with Crippen molar-refractivity contribution in [1.82, 2.24) is 5.01 Å². The summed E-state index contributed by atoms with van der Waals surface area (Å²) in [5, 5.41) is 11.3. The smallest absolute Gasteiger partial charge is 0.263 e. The molecule has 2 aromatic carbocycles. The third-order valence-electron chi connectivity index (χ3n) is 4.77. The van der Waals surface area contributed by atoms with Gasteiger partial charge in [-0.3, -0.25) is 19.4 Å². The van der Waals surface area contributed by atoms with E-state index in [0.717, 1.165) is 11.0 Å². The molecule has 0 saturated carbocycles. The van der Waals surface area contributed by atoms with Gasteiger partial charge in [0.2, 0.25) is 5.91 Å². The lowest BCUT2D eigenvalue weighted by atomic mass is 10.1. The Morgan fingerprint density at radius 3 is 2.61 bits per heavy atom. The number of amides is 3. The molecule has 2 aliphatic rings. The van der Waals surface area contributed by atoms with E-state index in [1.54, 1.807) is 24.3 Å². The Labute approximate surface area is 181 Å². The standard InChI is InChI=1S/C20H17ClFN5O4/c1-2-31-13-6-3-11(4-7-13)23-16(28)10-26-18-17(24-25-26)19(29)27(20(18)30)12-5-8-15(22)14(21)9-12/h3-9,17-18H,2,10H2,1H3,(H,23,28). The molecule has 1 N–H and O–H groups in total. The molecule has 11 heteroatoms. The van der Waals surface area contributed by atoms with E-state index in [9.17, 15) is 18.8 Å². The summed E-state index contributed by atoms with van der Waals surface area (Å²) in [5.41, 5.74) is 0.669. The second-order valence-electron chi connectivity index (χ2n) is 6.81. The number of nitrogens with one attached hydrogen (secondary N) is 1. The SMILES string of the molecule is CCOc1ccc(NC(=O)CN2N=NC3C(=O)N(c4ccc(F)c(Cl)c4)C(=O)C32)cc1. The molecule has 2 atom stereocenters. The molecule has 9 nitrogen and oxygen atoms in total. The average molecular weight is 446 g/mol. The summed E-state index contributed by atoms with van der Waals surface area (Å²) in [7, 11) is 0. The fourth-order valence-electron chi connectivity index (χ4n) is 3.38. The first-order valence-electron chi connectivity index (χ1n) is 9.42. The highest BCUT2D eigenvalue weighted by Gasteiger charge is 2.55. The quantitative estimate of drug-likeness (QED) is 0.688. The van der Waals surface area contributed by atoms with Crippen LogP contribution in [0.3, 0.4) is 0 Å². The molecule has 2 unspecified atom stereocenters. The number of rotatable bonds is 6. The summed E-state index contributed by atoms with van der Waals surface area (Å²) in [4.78, 5) is 38.9. The van der Waals surface area contributed by atoms with Gasteiger partial charge in [0.05, 0.1) is 17.3 Å². The first kappa shape index (κ1) is 20.7. The van der Waals surface area contributed by atoms with Gasteiger partial charge in [0.15, 0.2) is 12.1 Å². The molecule has 4 rings (SSSR count). The van der Waals surface area contributed by atoms with Gasteiger partial charge < -0.3 is 10.1 Å². The number of hydrogen-bond acceptors (Lipinski definition) is 7. The number of imide groups is 1. The lowest BCUT2D eigenvalue weighted by Crippen LogP contribution is -2.43. The first-order chi connectivity index (χ1) is 14.9. The molecule has 0 aromatic heterocycles. The minimum Gasteiger partial charge on any atom is -0.494 e. The third kappa shape index (κ3) is 3.93. The van der Waals surface area contributed by atoms with Gasteiger partial charge in [-0.15, -0.1) is 0 Å². The van der Waals surface area contributed by atoms with Crippen LogP contribution in [0.5, 0.6) is 5.75 Å². The van der Waals surface area contributed by atoms with Crippen molar-refractivity contribution in [2.75, 3.05) is 23.4 Å². The predicted molar refractivity (Wildman–Crippen MR) is 109 cm³/mol. The largest absolute Gasteiger partial charge is 0.494 e. The fraction of sp³-hybridized carbons (Fsp3) is 0.250. The number of anilines is 2. The average Bonchev–Trinajstić information content (AvgIpc) is 3.25. The van der Waals surface area contributed by atoms with Crippen LogP contribution in [0.1, 0.15) is 6.92 Å². The van der Waals surface area contributed by atoms with Crippen LogP contribution in [-0.2, 0) is 14.4 Å². The second-order valence-corrected chi connectivity index (χ2v) is 7.22. The van der Waals surface area contributed by atoms with E-state index < -0.39 is 35.6 Å². The Morgan fingerprint density at radius 1 is 1.19 bits per heavy atom. The highest BCUT2D eigenvalue weighted by atomic mass is 35.5. The number of carbonyl (C=O) groups excluding carboxylic acids is 3. The van der Waals surface area contributed by atoms with Gasteiger partial charge in [0.25, 0.3) is 11.8 Å². The van der Waals surface area contributed by atoms with Crippen molar-refractivity contribution in [3.05, 3.63) is 53.3 Å². The van der Waals surface area contributed by atoms with Crippen molar-refractivity contribution in [3.8, 4) is 5.75 Å². The molecule has 1 saturated heterocycles. The maximum Gasteiger partial charge on any atom is 0.263 e. The minimum atomic E-state index is -1.07. The molecule has 0 bridgehead atoms. The number of halogens is 2. The normalized spacial score (nSPS) is 19.7. The van der Waals surface area contributed by atoms with E-state index in [-0.39, 0.29) is 17.3 Å². The second kappa shape index (κ2) is 8.31. The molecule has 31 heavy (non-hydrogen) atoms. The summed E-state index contributed by atoms with van der Waals surface area (Å²) in [6.45, 7) is 2.12. The highest BCUT2D eigenvalue weighted by Crippen LogP contribution is 2.33. The Hall–Kier alpha value is -3.53. The van der Waals surface area contributed by atoms with Gasteiger partial charge in [-0.25, -0.2) is 9.29 Å². The van der Waals surface area contributed by atoms with Crippen LogP contribution in [-0.4, -0.2) is 48.0 Å². The van der Waals surface area contributed by atoms with Crippen molar-refractivity contribution in [2.24, 2.45) is 10.3 Å². The Kier molecular flexibility index (Phi) is 5.55. The number of ether oxygens (including phenoxy) is 1. The van der Waals surface area contributed by atoms with E-state index in [2.05, 4.69) is 15.7 Å². The summed E-state index contributed by atoms with van der Waals surface area (Å²) in [5.74, 6) is -1.66. The molecule has 2 heterocycles. The van der Waals surface area contributed by atoms with Crippen LogP contribution in [0.4, 0.5) is 15.8 Å². The van der Waals surface area contributed by atoms with Crippen LogP contribution in [0.15, 0.2) is 52.8 Å².